The fourth-order valence-corrected chi connectivity index (χ4v) is 6.40. The summed E-state index contributed by atoms with van der Waals surface area (Å²) in [5.41, 5.74) is 3.19. The van der Waals surface area contributed by atoms with Crippen molar-refractivity contribution in [3.63, 3.8) is 0 Å². The summed E-state index contributed by atoms with van der Waals surface area (Å²) in [6.07, 6.45) is 5.01. The second kappa shape index (κ2) is 18.1. The number of likely N-dealkylation sites (N-methyl/N-ethyl adjacent to an activating group) is 1. The van der Waals surface area contributed by atoms with Crippen molar-refractivity contribution in [1.29, 1.82) is 0 Å². The number of nitrogens with zero attached hydrogens (tertiary/aromatic N) is 1. The minimum Gasteiger partial charge on any atom is -0.453 e. The van der Waals surface area contributed by atoms with Gasteiger partial charge in [-0.2, -0.15) is 0 Å². The summed E-state index contributed by atoms with van der Waals surface area (Å²) < 4.78 is 16.7. The fourth-order valence-electron chi connectivity index (χ4n) is 6.21. The minimum atomic E-state index is -0.626. The zero-order chi connectivity index (χ0) is 35.4. The Kier molecular flexibility index (Phi) is 13.9. The van der Waals surface area contributed by atoms with Crippen LogP contribution in [0.15, 0.2) is 72.8 Å². The summed E-state index contributed by atoms with van der Waals surface area (Å²) in [6, 6.07) is 22.7. The van der Waals surface area contributed by atoms with Crippen LogP contribution >= 0.6 is 11.6 Å². The zero-order valence-corrected chi connectivity index (χ0v) is 30.1. The molecule has 3 amide bonds. The molecule has 49 heavy (non-hydrogen) atoms. The number of carbonyl (C=O) groups excluding carboxylic acids is 3. The highest BCUT2D eigenvalue weighted by Gasteiger charge is 2.27. The molecule has 2 N–H and O–H groups in total. The fraction of sp³-hybridized carbons (Fsp3) is 0.462. The molecule has 0 bridgehead atoms. The van der Waals surface area contributed by atoms with Gasteiger partial charge in [0, 0.05) is 36.8 Å². The van der Waals surface area contributed by atoms with Crippen LogP contribution in [0.1, 0.15) is 86.9 Å². The molecule has 10 heteroatoms. The van der Waals surface area contributed by atoms with E-state index in [4.69, 9.17) is 25.8 Å². The van der Waals surface area contributed by atoms with Gasteiger partial charge in [0.25, 0.3) is 5.91 Å². The van der Waals surface area contributed by atoms with E-state index < -0.39 is 23.9 Å². The van der Waals surface area contributed by atoms with Crippen molar-refractivity contribution in [2.45, 2.75) is 77.0 Å². The molecule has 3 aromatic carbocycles. The normalized spacial score (nSPS) is 14.7. The third kappa shape index (κ3) is 12.1. The van der Waals surface area contributed by atoms with Gasteiger partial charge in [0.1, 0.15) is 11.7 Å². The highest BCUT2D eigenvalue weighted by atomic mass is 35.5. The van der Waals surface area contributed by atoms with Crippen LogP contribution in [0.25, 0.3) is 11.1 Å². The topological polar surface area (TPSA) is 106 Å². The molecule has 1 aliphatic carbocycles. The first kappa shape index (κ1) is 37.7. The molecule has 0 heterocycles. The quantitative estimate of drug-likeness (QED) is 0.174. The number of rotatable bonds is 13. The van der Waals surface area contributed by atoms with Crippen molar-refractivity contribution in [2.24, 2.45) is 5.92 Å². The van der Waals surface area contributed by atoms with E-state index in [2.05, 4.69) is 10.6 Å². The van der Waals surface area contributed by atoms with Gasteiger partial charge in [-0.25, -0.2) is 9.59 Å². The number of hydrogen-bond donors (Lipinski definition) is 2. The highest BCUT2D eigenvalue weighted by Crippen LogP contribution is 2.33. The van der Waals surface area contributed by atoms with Crippen LogP contribution < -0.4 is 10.6 Å². The third-order valence-corrected chi connectivity index (χ3v) is 8.73. The molecule has 0 radical (unpaired) electrons. The Morgan fingerprint density at radius 1 is 0.918 bits per heavy atom. The van der Waals surface area contributed by atoms with Gasteiger partial charge in [-0.3, -0.25) is 4.79 Å². The Morgan fingerprint density at radius 2 is 1.65 bits per heavy atom. The first-order valence-electron chi connectivity index (χ1n) is 17.1. The lowest BCUT2D eigenvalue weighted by molar-refractivity contribution is 0.0274. The molecule has 3 aromatic rings. The number of ether oxygens (including phenoxy) is 3. The maximum absolute atomic E-state index is 14.2. The van der Waals surface area contributed by atoms with Gasteiger partial charge in [-0.1, -0.05) is 86.2 Å². The Labute approximate surface area is 295 Å². The molecule has 1 unspecified atom stereocenters. The average molecular weight is 692 g/mol. The molecule has 4 rings (SSSR count). The van der Waals surface area contributed by atoms with Crippen molar-refractivity contribution in [2.75, 3.05) is 33.9 Å². The van der Waals surface area contributed by atoms with Crippen LogP contribution in [-0.4, -0.2) is 68.5 Å². The van der Waals surface area contributed by atoms with Crippen LogP contribution in [0.3, 0.4) is 0 Å². The maximum Gasteiger partial charge on any atom is 0.410 e. The summed E-state index contributed by atoms with van der Waals surface area (Å²) >= 11 is 6.41. The van der Waals surface area contributed by atoms with E-state index in [9.17, 15) is 14.4 Å². The predicted molar refractivity (Wildman–Crippen MR) is 193 cm³/mol. The Hall–Kier alpha value is -4.08. The van der Waals surface area contributed by atoms with E-state index in [0.29, 0.717) is 23.0 Å². The van der Waals surface area contributed by atoms with Gasteiger partial charge in [0.15, 0.2) is 0 Å². The first-order chi connectivity index (χ1) is 23.4. The summed E-state index contributed by atoms with van der Waals surface area (Å²) in [6.45, 7) is 6.26. The van der Waals surface area contributed by atoms with Crippen LogP contribution in [0.4, 0.5) is 9.59 Å². The van der Waals surface area contributed by atoms with Crippen molar-refractivity contribution in [3.05, 3.63) is 94.5 Å². The molecule has 264 valence electrons. The van der Waals surface area contributed by atoms with Gasteiger partial charge < -0.3 is 29.7 Å². The maximum atomic E-state index is 14.2. The summed E-state index contributed by atoms with van der Waals surface area (Å²) in [5.74, 6) is 0.228. The van der Waals surface area contributed by atoms with E-state index >= 15 is 0 Å². The van der Waals surface area contributed by atoms with Crippen molar-refractivity contribution < 1.29 is 28.6 Å². The molecular formula is C39H50ClN3O6. The van der Waals surface area contributed by atoms with Crippen molar-refractivity contribution in [3.8, 4) is 11.1 Å². The van der Waals surface area contributed by atoms with Crippen molar-refractivity contribution in [1.82, 2.24) is 15.5 Å². The van der Waals surface area contributed by atoms with Crippen LogP contribution in [-0.2, 0) is 14.2 Å². The Balaban J connectivity index is 1.68. The largest absolute Gasteiger partial charge is 0.453 e. The predicted octanol–water partition coefficient (Wildman–Crippen LogP) is 8.40. The van der Waals surface area contributed by atoms with E-state index in [1.807, 2.05) is 87.5 Å². The lowest BCUT2D eigenvalue weighted by atomic mass is 9.84. The smallest absolute Gasteiger partial charge is 0.410 e. The number of hydrogen-bond acceptors (Lipinski definition) is 6. The van der Waals surface area contributed by atoms with Gasteiger partial charge in [0.05, 0.1) is 13.7 Å². The molecule has 0 aromatic heterocycles. The zero-order valence-electron chi connectivity index (χ0n) is 29.3. The van der Waals surface area contributed by atoms with Gasteiger partial charge in [0.2, 0.25) is 0 Å². The number of benzene rings is 3. The number of nitrogens with one attached hydrogen (secondary N) is 2. The van der Waals surface area contributed by atoms with Gasteiger partial charge >= 0.3 is 12.2 Å². The second-order valence-electron chi connectivity index (χ2n) is 13.7. The van der Waals surface area contributed by atoms with Crippen LogP contribution in [0.5, 0.6) is 0 Å². The first-order valence-corrected chi connectivity index (χ1v) is 17.4. The minimum absolute atomic E-state index is 0.184. The number of alkyl carbamates (subject to hydrolysis) is 1. The number of carbonyl (C=O) groups is 3. The van der Waals surface area contributed by atoms with Gasteiger partial charge in [-0.05, 0) is 85.7 Å². The SMILES string of the molecule is COC(=O)NCCOC(c1cccc(Cl)c1)c1cc(C(=O)N[C@@H](CC2CCCCC2)CN(C)C(=O)OC(C)(C)C)cc(-c2ccccc2)c1. The lowest BCUT2D eigenvalue weighted by Crippen LogP contribution is -2.46. The average Bonchev–Trinajstić information content (AvgIpc) is 3.08. The molecule has 9 nitrogen and oxygen atoms in total. The highest BCUT2D eigenvalue weighted by molar-refractivity contribution is 6.30. The Morgan fingerprint density at radius 3 is 2.33 bits per heavy atom. The summed E-state index contributed by atoms with van der Waals surface area (Å²) in [4.78, 5) is 40.4. The van der Waals surface area contributed by atoms with Crippen molar-refractivity contribution >= 4 is 29.7 Å². The Bertz CT molecular complexity index is 1540. The van der Waals surface area contributed by atoms with Crippen LogP contribution in [0, 0.1) is 5.92 Å². The summed E-state index contributed by atoms with van der Waals surface area (Å²) in [5, 5.41) is 6.48. The molecule has 0 spiro atoms. The molecule has 1 aliphatic rings. The molecule has 0 aliphatic heterocycles. The second-order valence-corrected chi connectivity index (χ2v) is 14.1. The third-order valence-electron chi connectivity index (χ3n) is 8.50. The molecule has 0 saturated heterocycles. The number of halogens is 1. The molecule has 2 atom stereocenters. The molecule has 1 saturated carbocycles. The van der Waals surface area contributed by atoms with E-state index in [1.54, 1.807) is 18.0 Å². The molecular weight excluding hydrogens is 642 g/mol. The van der Waals surface area contributed by atoms with E-state index in [0.717, 1.165) is 41.5 Å². The number of methoxy groups -OCH3 is 1. The molecule has 1 fully saturated rings. The van der Waals surface area contributed by atoms with Crippen LogP contribution in [0.2, 0.25) is 5.02 Å². The standard InChI is InChI=1S/C39H50ClN3O6/c1-39(2,3)49-38(46)43(4)26-34(21-27-13-8-6-9-14-27)42-36(44)32-23-30(28-15-10-7-11-16-28)22-31(24-32)35(29-17-12-18-33(40)25-29)48-20-19-41-37(45)47-5/h7,10-12,15-18,22-25,27,34-35H,6,8-9,13-14,19-21,26H2,1-5H3,(H,41,45)(H,42,44)/t34-,35?/m0/s1. The lowest BCUT2D eigenvalue weighted by Gasteiger charge is -2.31. The van der Waals surface area contributed by atoms with Gasteiger partial charge in [-0.15, -0.1) is 0 Å². The van der Waals surface area contributed by atoms with E-state index in [1.165, 1.54) is 26.4 Å². The summed E-state index contributed by atoms with van der Waals surface area (Å²) in [7, 11) is 3.02. The number of amides is 3. The van der Waals surface area contributed by atoms with E-state index in [-0.39, 0.29) is 25.1 Å². The monoisotopic (exact) mass is 691 g/mol.